The van der Waals surface area contributed by atoms with Crippen molar-refractivity contribution in [3.05, 3.63) is 0 Å². The summed E-state index contributed by atoms with van der Waals surface area (Å²) < 4.78 is 56.4. The minimum atomic E-state index is 0.275. The number of hydrogen-bond acceptors (Lipinski definition) is 12. The van der Waals surface area contributed by atoms with Crippen LogP contribution in [-0.2, 0) is 52.1 Å². The molecule has 0 atom stereocenters. The predicted octanol–water partition coefficient (Wildman–Crippen LogP) is 4.81. The highest BCUT2D eigenvalue weighted by Gasteiger charge is 1.95. The summed E-state index contributed by atoms with van der Waals surface area (Å²) in [7, 11) is 4.99. The van der Waals surface area contributed by atoms with E-state index in [1.54, 1.807) is 21.3 Å². The Bertz CT molecular complexity index is 483. The number of hydrogen-bond donors (Lipinski definition) is 1. The minimum absolute atomic E-state index is 0.275. The highest BCUT2D eigenvalue weighted by molar-refractivity contribution is 4.41. The molecule has 0 amide bonds. The van der Waals surface area contributed by atoms with Gasteiger partial charge in [-0.2, -0.15) is 0 Å². The molecule has 0 aliphatic rings. The molecule has 0 unspecified atom stereocenters. The normalized spacial score (nSPS) is 11.0. The molecule has 0 aromatic carbocycles. The number of rotatable bonds is 30. The average Bonchev–Trinajstić information content (AvgIpc) is 3.00. The van der Waals surface area contributed by atoms with Crippen LogP contribution >= 0.6 is 0 Å². The summed E-state index contributed by atoms with van der Waals surface area (Å²) in [4.78, 5) is 0. The van der Waals surface area contributed by atoms with Gasteiger partial charge in [-0.05, 0) is 74.7 Å². The number of ether oxygens (including phenoxy) is 11. The van der Waals surface area contributed by atoms with Crippen molar-refractivity contribution in [2.75, 3.05) is 127 Å². The zero-order valence-corrected chi connectivity index (χ0v) is 31.7. The van der Waals surface area contributed by atoms with E-state index in [9.17, 15) is 0 Å². The average molecular weight is 677 g/mol. The maximum atomic E-state index is 8.51. The maximum absolute atomic E-state index is 8.51. The summed E-state index contributed by atoms with van der Waals surface area (Å²) in [6.45, 7) is 26.3. The van der Waals surface area contributed by atoms with Crippen LogP contribution in [0.2, 0.25) is 0 Å². The smallest absolute Gasteiger partial charge is 0.0703 e. The van der Waals surface area contributed by atoms with Crippen molar-refractivity contribution in [1.82, 2.24) is 0 Å². The second-order valence-corrected chi connectivity index (χ2v) is 10.9. The Morgan fingerprint density at radius 2 is 0.587 bits per heavy atom. The highest BCUT2D eigenvalue weighted by Crippen LogP contribution is 1.95. The monoisotopic (exact) mass is 677 g/mol. The van der Waals surface area contributed by atoms with Crippen LogP contribution in [0.15, 0.2) is 0 Å². The van der Waals surface area contributed by atoms with Crippen molar-refractivity contribution in [3.63, 3.8) is 0 Å². The largest absolute Gasteiger partial charge is 0.396 e. The van der Waals surface area contributed by atoms with E-state index >= 15 is 0 Å². The molecule has 0 aromatic rings. The Hall–Kier alpha value is -0.480. The molecule has 1 N–H and O–H groups in total. The number of methoxy groups -OCH3 is 3. The molecule has 0 bridgehead atoms. The van der Waals surface area contributed by atoms with Gasteiger partial charge in [-0.15, -0.1) is 0 Å². The Labute approximate surface area is 283 Å². The molecule has 12 nitrogen and oxygen atoms in total. The molecule has 12 heteroatoms. The van der Waals surface area contributed by atoms with Crippen LogP contribution in [-0.4, -0.2) is 157 Å². The van der Waals surface area contributed by atoms with Crippen LogP contribution in [0, 0.1) is 0 Å². The molecular weight excluding hydrogens is 600 g/mol. The van der Waals surface area contributed by atoms with Crippen molar-refractivity contribution < 1.29 is 57.2 Å². The molecule has 0 spiro atoms. The van der Waals surface area contributed by atoms with E-state index in [1.807, 2.05) is 55.4 Å². The van der Waals surface area contributed by atoms with Crippen LogP contribution < -0.4 is 0 Å². The minimum Gasteiger partial charge on any atom is -0.396 e. The highest BCUT2D eigenvalue weighted by atomic mass is 16.6. The predicted molar refractivity (Wildman–Crippen MR) is 184 cm³/mol. The van der Waals surface area contributed by atoms with Gasteiger partial charge in [0.25, 0.3) is 0 Å². The molecule has 0 radical (unpaired) electrons. The van der Waals surface area contributed by atoms with E-state index in [-0.39, 0.29) is 18.8 Å². The Morgan fingerprint density at radius 3 is 0.891 bits per heavy atom. The van der Waals surface area contributed by atoms with Gasteiger partial charge in [0.05, 0.1) is 117 Å². The third kappa shape index (κ3) is 70.0. The lowest BCUT2D eigenvalue weighted by Crippen LogP contribution is -2.13. The molecule has 0 heterocycles. The fourth-order valence-electron chi connectivity index (χ4n) is 2.70. The van der Waals surface area contributed by atoms with E-state index in [0.717, 1.165) is 25.9 Å². The van der Waals surface area contributed by atoms with Crippen molar-refractivity contribution in [1.29, 1.82) is 0 Å². The molecule has 46 heavy (non-hydrogen) atoms. The van der Waals surface area contributed by atoms with Crippen molar-refractivity contribution in [3.8, 4) is 0 Å². The first kappa shape index (κ1) is 52.3. The Kier molecular flexibility index (Phi) is 55.6. The van der Waals surface area contributed by atoms with Gasteiger partial charge in [-0.25, -0.2) is 0 Å². The first-order valence-corrected chi connectivity index (χ1v) is 16.9. The Balaban J connectivity index is -0.000000260. The fraction of sp³-hybridized carbons (Fsp3) is 1.00. The molecule has 0 aliphatic heterocycles. The third-order valence-corrected chi connectivity index (χ3v) is 4.96. The zero-order chi connectivity index (χ0) is 35.5. The summed E-state index contributed by atoms with van der Waals surface area (Å²) >= 11 is 0. The van der Waals surface area contributed by atoms with E-state index in [2.05, 4.69) is 0 Å². The molecular formula is C34H76O12. The van der Waals surface area contributed by atoms with Gasteiger partial charge in [0, 0.05) is 34.5 Å². The number of aliphatic hydroxyl groups is 1. The molecule has 0 aromatic heterocycles. The molecule has 0 saturated carbocycles. The first-order chi connectivity index (χ1) is 22.1. The summed E-state index contributed by atoms with van der Waals surface area (Å²) in [5, 5.41) is 8.51. The molecule has 0 aliphatic carbocycles. The van der Waals surface area contributed by atoms with Gasteiger partial charge < -0.3 is 57.2 Å². The fourth-order valence-corrected chi connectivity index (χ4v) is 2.70. The summed E-state index contributed by atoms with van der Waals surface area (Å²) in [6.07, 6.45) is 4.14. The molecule has 284 valence electrons. The lowest BCUT2D eigenvalue weighted by atomic mass is 10.2. The van der Waals surface area contributed by atoms with Crippen LogP contribution in [0.4, 0.5) is 0 Å². The van der Waals surface area contributed by atoms with Gasteiger partial charge in [0.15, 0.2) is 0 Å². The van der Waals surface area contributed by atoms with Crippen molar-refractivity contribution in [2.24, 2.45) is 0 Å². The summed E-state index contributed by atoms with van der Waals surface area (Å²) in [5.74, 6) is 0. The van der Waals surface area contributed by atoms with E-state index in [4.69, 9.17) is 57.2 Å². The standard InChI is InChI=1S/C10H22O4.C10H22O3.C8H18O3.C6H14O2/c1-10(2)14-9-8-13-7-6-12-5-4-11-3;1-10(2)13-9-8-12-7-5-3-4-6-11;1-8(2)11-7-6-10-5-4-9-3;1-6(2)8-5-4-7-3/h10H,4-9H2,1-3H3;10-11H,3-9H2,1-2H3;8H,4-7H2,1-3H3;6H,4-5H2,1-3H3. The second kappa shape index (κ2) is 48.9. The van der Waals surface area contributed by atoms with Crippen LogP contribution in [0.3, 0.4) is 0 Å². The number of unbranched alkanes of at least 4 members (excludes halogenated alkanes) is 2. The van der Waals surface area contributed by atoms with Crippen molar-refractivity contribution in [2.45, 2.75) is 99.1 Å². The lowest BCUT2D eigenvalue weighted by molar-refractivity contribution is -0.00820. The molecule has 0 rings (SSSR count). The van der Waals surface area contributed by atoms with E-state index in [0.29, 0.717) is 105 Å². The van der Waals surface area contributed by atoms with Crippen LogP contribution in [0.5, 0.6) is 0 Å². The van der Waals surface area contributed by atoms with E-state index < -0.39 is 0 Å². The van der Waals surface area contributed by atoms with E-state index in [1.165, 1.54) is 0 Å². The summed E-state index contributed by atoms with van der Waals surface area (Å²) in [5.41, 5.74) is 0. The first-order valence-electron chi connectivity index (χ1n) is 16.9. The Morgan fingerprint density at radius 1 is 0.326 bits per heavy atom. The van der Waals surface area contributed by atoms with Crippen LogP contribution in [0.25, 0.3) is 0 Å². The SMILES string of the molecule is CC(C)OCCOCCCCCO.COCCOC(C)C.COCCOCCOC(C)C.COCCOCCOCCOC(C)C. The second-order valence-electron chi connectivity index (χ2n) is 10.9. The third-order valence-electron chi connectivity index (χ3n) is 4.96. The van der Waals surface area contributed by atoms with Gasteiger partial charge in [0.2, 0.25) is 0 Å². The van der Waals surface area contributed by atoms with Gasteiger partial charge in [-0.3, -0.25) is 0 Å². The quantitative estimate of drug-likeness (QED) is 0.105. The molecule has 0 fully saturated rings. The van der Waals surface area contributed by atoms with Gasteiger partial charge in [0.1, 0.15) is 0 Å². The van der Waals surface area contributed by atoms with Crippen molar-refractivity contribution >= 4 is 0 Å². The van der Waals surface area contributed by atoms with Gasteiger partial charge >= 0.3 is 0 Å². The number of aliphatic hydroxyl groups excluding tert-OH is 1. The zero-order valence-electron chi connectivity index (χ0n) is 31.7. The lowest BCUT2D eigenvalue weighted by Gasteiger charge is -2.08. The maximum Gasteiger partial charge on any atom is 0.0703 e. The van der Waals surface area contributed by atoms with Gasteiger partial charge in [-0.1, -0.05) is 0 Å². The summed E-state index contributed by atoms with van der Waals surface area (Å²) in [6, 6.07) is 0. The van der Waals surface area contributed by atoms with Crippen LogP contribution in [0.1, 0.15) is 74.7 Å². The molecule has 0 saturated heterocycles. The topological polar surface area (TPSA) is 122 Å².